The van der Waals surface area contributed by atoms with Gasteiger partial charge in [0.15, 0.2) is 0 Å². The molecule has 0 aliphatic heterocycles. The number of nitrogens with one attached hydrogen (secondary N) is 1. The number of benzene rings is 1. The smallest absolute Gasteiger partial charge is 0.240 e. The van der Waals surface area contributed by atoms with Gasteiger partial charge in [0.1, 0.15) is 0 Å². The van der Waals surface area contributed by atoms with E-state index in [1.807, 2.05) is 13.8 Å². The van der Waals surface area contributed by atoms with E-state index in [1.54, 1.807) is 25.1 Å². The van der Waals surface area contributed by atoms with Gasteiger partial charge >= 0.3 is 0 Å². The molecule has 0 spiro atoms. The molecule has 1 amide bonds. The van der Waals surface area contributed by atoms with Crippen molar-refractivity contribution in [3.8, 4) is 0 Å². The number of sulfonamides is 1. The van der Waals surface area contributed by atoms with Crippen LogP contribution in [0.25, 0.3) is 0 Å². The fourth-order valence-electron chi connectivity index (χ4n) is 2.21. The Morgan fingerprint density at radius 2 is 2.00 bits per heavy atom. The lowest BCUT2D eigenvalue weighted by molar-refractivity contribution is -0.131. The first-order valence-corrected chi connectivity index (χ1v) is 8.75. The summed E-state index contributed by atoms with van der Waals surface area (Å²) in [6, 6.07) is 5.12. The van der Waals surface area contributed by atoms with E-state index in [9.17, 15) is 13.2 Å². The van der Waals surface area contributed by atoms with E-state index in [0.717, 1.165) is 5.56 Å². The van der Waals surface area contributed by atoms with Gasteiger partial charge in [0.25, 0.3) is 0 Å². The zero-order valence-corrected chi connectivity index (χ0v) is 14.1. The average Bonchev–Trinajstić information content (AvgIpc) is 2.43. The molecule has 0 aromatic heterocycles. The fraction of sp³-hybridized carbons (Fsp3) is 0.533. The Morgan fingerprint density at radius 3 is 2.55 bits per heavy atom. The molecular weight excluding hydrogens is 304 g/mol. The number of aliphatic hydroxyl groups excluding tert-OH is 1. The molecule has 6 nitrogen and oxygen atoms in total. The molecule has 0 saturated carbocycles. The van der Waals surface area contributed by atoms with Crippen molar-refractivity contribution in [3.63, 3.8) is 0 Å². The van der Waals surface area contributed by atoms with E-state index in [-0.39, 0.29) is 36.9 Å². The van der Waals surface area contributed by atoms with Gasteiger partial charge in [-0.3, -0.25) is 4.79 Å². The summed E-state index contributed by atoms with van der Waals surface area (Å²) < 4.78 is 26.9. The summed E-state index contributed by atoms with van der Waals surface area (Å²) in [4.78, 5) is 13.6. The van der Waals surface area contributed by atoms with E-state index in [0.29, 0.717) is 12.1 Å². The number of hydrogen-bond donors (Lipinski definition) is 2. The first kappa shape index (κ1) is 18.6. The van der Waals surface area contributed by atoms with E-state index >= 15 is 0 Å². The summed E-state index contributed by atoms with van der Waals surface area (Å²) in [6.45, 7) is 6.14. The maximum atomic E-state index is 12.2. The quantitative estimate of drug-likeness (QED) is 0.739. The van der Waals surface area contributed by atoms with E-state index in [1.165, 1.54) is 4.90 Å². The first-order chi connectivity index (χ1) is 10.3. The predicted octanol–water partition coefficient (Wildman–Crippen LogP) is 0.813. The summed E-state index contributed by atoms with van der Waals surface area (Å²) in [7, 11) is -3.62. The van der Waals surface area contributed by atoms with Gasteiger partial charge in [-0.05, 0) is 32.4 Å². The minimum Gasteiger partial charge on any atom is -0.395 e. The highest BCUT2D eigenvalue weighted by atomic mass is 32.2. The minimum atomic E-state index is -3.62. The van der Waals surface area contributed by atoms with Crippen molar-refractivity contribution in [1.29, 1.82) is 0 Å². The minimum absolute atomic E-state index is 0.0381. The first-order valence-electron chi connectivity index (χ1n) is 7.27. The molecule has 0 aliphatic rings. The van der Waals surface area contributed by atoms with Gasteiger partial charge in [0, 0.05) is 26.1 Å². The van der Waals surface area contributed by atoms with Crippen molar-refractivity contribution >= 4 is 15.9 Å². The molecule has 124 valence electrons. The van der Waals surface area contributed by atoms with Crippen molar-refractivity contribution in [1.82, 2.24) is 9.62 Å². The Hall–Kier alpha value is -1.44. The van der Waals surface area contributed by atoms with Crippen LogP contribution in [0, 0.1) is 13.8 Å². The van der Waals surface area contributed by atoms with Crippen LogP contribution in [0.3, 0.4) is 0 Å². The molecule has 7 heteroatoms. The second-order valence-electron chi connectivity index (χ2n) is 5.11. The second-order valence-corrected chi connectivity index (χ2v) is 6.85. The highest BCUT2D eigenvalue weighted by Gasteiger charge is 2.17. The van der Waals surface area contributed by atoms with Crippen LogP contribution in [0.5, 0.6) is 0 Å². The van der Waals surface area contributed by atoms with E-state index in [2.05, 4.69) is 4.72 Å². The number of carbonyl (C=O) groups excluding carboxylic acids is 1. The number of hydrogen-bond acceptors (Lipinski definition) is 4. The van der Waals surface area contributed by atoms with Crippen LogP contribution in [0.15, 0.2) is 23.1 Å². The Bertz CT molecular complexity index is 614. The van der Waals surface area contributed by atoms with Crippen molar-refractivity contribution in [2.75, 3.05) is 26.2 Å². The molecule has 0 radical (unpaired) electrons. The number of likely N-dealkylation sites (N-methyl/N-ethyl adjacent to an activating group) is 1. The molecule has 1 rings (SSSR count). The molecule has 22 heavy (non-hydrogen) atoms. The molecular formula is C15H24N2O4S. The van der Waals surface area contributed by atoms with Gasteiger partial charge < -0.3 is 10.0 Å². The third-order valence-electron chi connectivity index (χ3n) is 3.36. The van der Waals surface area contributed by atoms with Gasteiger partial charge in [-0.25, -0.2) is 13.1 Å². The molecule has 0 fully saturated rings. The SMILES string of the molecule is CCN(CCO)C(=O)CCNS(=O)(=O)c1ccc(C)cc1C. The third kappa shape index (κ3) is 5.08. The lowest BCUT2D eigenvalue weighted by Gasteiger charge is -2.19. The van der Waals surface area contributed by atoms with Gasteiger partial charge in [-0.1, -0.05) is 17.7 Å². The molecule has 0 unspecified atom stereocenters. The van der Waals surface area contributed by atoms with Crippen molar-refractivity contribution in [2.45, 2.75) is 32.1 Å². The molecule has 1 aromatic carbocycles. The molecule has 2 N–H and O–H groups in total. The summed E-state index contributed by atoms with van der Waals surface area (Å²) in [5.41, 5.74) is 1.67. The molecule has 0 heterocycles. The Kier molecular flexibility index (Phi) is 6.99. The Balaban J connectivity index is 2.65. The summed E-state index contributed by atoms with van der Waals surface area (Å²) >= 11 is 0. The zero-order valence-electron chi connectivity index (χ0n) is 13.3. The van der Waals surface area contributed by atoms with Crippen LogP contribution in [-0.4, -0.2) is 50.6 Å². The number of amides is 1. The maximum absolute atomic E-state index is 12.2. The van der Waals surface area contributed by atoms with Gasteiger partial charge in [-0.15, -0.1) is 0 Å². The summed E-state index contributed by atoms with van der Waals surface area (Å²) in [5.74, 6) is -0.181. The third-order valence-corrected chi connectivity index (χ3v) is 4.98. The van der Waals surface area contributed by atoms with Crippen molar-refractivity contribution < 1.29 is 18.3 Å². The number of aliphatic hydroxyl groups is 1. The second kappa shape index (κ2) is 8.26. The molecule has 0 aliphatic carbocycles. The number of aryl methyl sites for hydroxylation is 2. The summed E-state index contributed by atoms with van der Waals surface area (Å²) in [5, 5.41) is 8.87. The number of rotatable bonds is 8. The zero-order chi connectivity index (χ0) is 16.8. The van der Waals surface area contributed by atoms with Crippen LogP contribution in [-0.2, 0) is 14.8 Å². The largest absolute Gasteiger partial charge is 0.395 e. The molecule has 0 bridgehead atoms. The number of nitrogens with zero attached hydrogens (tertiary/aromatic N) is 1. The Morgan fingerprint density at radius 1 is 1.32 bits per heavy atom. The van der Waals surface area contributed by atoms with Crippen LogP contribution in [0.4, 0.5) is 0 Å². The lowest BCUT2D eigenvalue weighted by Crippen LogP contribution is -2.36. The molecule has 1 aromatic rings. The predicted molar refractivity (Wildman–Crippen MR) is 85.1 cm³/mol. The van der Waals surface area contributed by atoms with Crippen LogP contribution < -0.4 is 4.72 Å². The van der Waals surface area contributed by atoms with Gasteiger partial charge in [0.2, 0.25) is 15.9 Å². The van der Waals surface area contributed by atoms with Gasteiger partial charge in [-0.2, -0.15) is 0 Å². The summed E-state index contributed by atoms with van der Waals surface area (Å²) in [6.07, 6.45) is 0.0674. The fourth-order valence-corrected chi connectivity index (χ4v) is 3.47. The maximum Gasteiger partial charge on any atom is 0.240 e. The monoisotopic (exact) mass is 328 g/mol. The van der Waals surface area contributed by atoms with Gasteiger partial charge in [0.05, 0.1) is 11.5 Å². The Labute approximate surface area is 132 Å². The normalized spacial score (nSPS) is 11.5. The van der Waals surface area contributed by atoms with Crippen molar-refractivity contribution in [2.24, 2.45) is 0 Å². The van der Waals surface area contributed by atoms with Crippen LogP contribution in [0.1, 0.15) is 24.5 Å². The van der Waals surface area contributed by atoms with Crippen LogP contribution in [0.2, 0.25) is 0 Å². The van der Waals surface area contributed by atoms with Crippen molar-refractivity contribution in [3.05, 3.63) is 29.3 Å². The topological polar surface area (TPSA) is 86.7 Å². The molecule has 0 atom stereocenters. The highest BCUT2D eigenvalue weighted by Crippen LogP contribution is 2.16. The van der Waals surface area contributed by atoms with Crippen LogP contribution >= 0.6 is 0 Å². The highest BCUT2D eigenvalue weighted by molar-refractivity contribution is 7.89. The van der Waals surface area contributed by atoms with E-state index < -0.39 is 10.0 Å². The average molecular weight is 328 g/mol. The molecule has 0 saturated heterocycles. The lowest BCUT2D eigenvalue weighted by atomic mass is 10.2. The van der Waals surface area contributed by atoms with E-state index in [4.69, 9.17) is 5.11 Å². The number of carbonyl (C=O) groups is 1. The standard InChI is InChI=1S/C15H24N2O4S/c1-4-17(9-10-18)15(19)7-8-16-22(20,21)14-6-5-12(2)11-13(14)3/h5-6,11,16,18H,4,7-10H2,1-3H3.